The predicted octanol–water partition coefficient (Wildman–Crippen LogP) is 4.46. The Morgan fingerprint density at radius 3 is 2.36 bits per heavy atom. The number of aliphatic hydroxyl groups excluding tert-OH is 1. The molecule has 0 aromatic heterocycles. The van der Waals surface area contributed by atoms with Gasteiger partial charge in [0.1, 0.15) is 35.7 Å². The first-order valence-electron chi connectivity index (χ1n) is 12.5. The number of ether oxygens (including phenoxy) is 2. The summed E-state index contributed by atoms with van der Waals surface area (Å²) in [5, 5.41) is 10.6. The van der Waals surface area contributed by atoms with Crippen molar-refractivity contribution in [3.05, 3.63) is 70.1 Å². The summed E-state index contributed by atoms with van der Waals surface area (Å²) in [6.07, 6.45) is 1.04. The van der Waals surface area contributed by atoms with Gasteiger partial charge in [-0.05, 0) is 49.0 Å². The summed E-state index contributed by atoms with van der Waals surface area (Å²) >= 11 is 1.52. The predicted molar refractivity (Wildman–Crippen MR) is 141 cm³/mol. The van der Waals surface area contributed by atoms with Crippen LogP contribution in [-0.4, -0.2) is 65.3 Å². The van der Waals surface area contributed by atoms with Gasteiger partial charge in [-0.25, -0.2) is 0 Å². The van der Waals surface area contributed by atoms with E-state index in [9.17, 15) is 14.7 Å². The Morgan fingerprint density at radius 1 is 1.03 bits per heavy atom. The van der Waals surface area contributed by atoms with Crippen molar-refractivity contribution in [1.29, 1.82) is 0 Å². The summed E-state index contributed by atoms with van der Waals surface area (Å²) in [5.74, 6) is 0.397. The highest BCUT2D eigenvalue weighted by Crippen LogP contribution is 2.50. The first-order chi connectivity index (χ1) is 17.2. The van der Waals surface area contributed by atoms with Crippen LogP contribution in [0.2, 0.25) is 0 Å². The van der Waals surface area contributed by atoms with Crippen molar-refractivity contribution in [2.24, 2.45) is 0 Å². The van der Waals surface area contributed by atoms with Crippen LogP contribution in [0.3, 0.4) is 0 Å². The minimum atomic E-state index is -0.597. The van der Waals surface area contributed by atoms with Gasteiger partial charge in [-0.1, -0.05) is 57.2 Å². The molecule has 2 aromatic carbocycles. The second kappa shape index (κ2) is 9.69. The zero-order valence-corrected chi connectivity index (χ0v) is 21.9. The van der Waals surface area contributed by atoms with Gasteiger partial charge in [0.15, 0.2) is 0 Å². The Morgan fingerprint density at radius 2 is 1.69 bits per heavy atom. The summed E-state index contributed by atoms with van der Waals surface area (Å²) in [6.45, 7) is 9.37. The van der Waals surface area contributed by atoms with Crippen LogP contribution >= 0.6 is 11.8 Å². The molecule has 1 aliphatic carbocycles. The molecule has 0 saturated carbocycles. The molecule has 1 N–H and O–H groups in total. The number of Topliss-reactive ketones (excluding diaryl/α,β-unsaturated/α-hetero) is 2. The topological polar surface area (TPSA) is 76.1 Å². The van der Waals surface area contributed by atoms with Crippen LogP contribution in [0.5, 0.6) is 5.75 Å². The molecule has 0 amide bonds. The Labute approximate surface area is 216 Å². The maximum Gasteiger partial charge on any atom is 0.243 e. The zero-order valence-electron chi connectivity index (χ0n) is 21.1. The fraction of sp³-hybridized carbons (Fsp3) is 0.448. The minimum Gasteiger partial charge on any atom is -0.491 e. The smallest absolute Gasteiger partial charge is 0.243 e. The van der Waals surface area contributed by atoms with E-state index in [4.69, 9.17) is 9.47 Å². The van der Waals surface area contributed by atoms with Crippen LogP contribution in [0.15, 0.2) is 53.4 Å². The van der Waals surface area contributed by atoms with E-state index in [-0.39, 0.29) is 16.8 Å². The van der Waals surface area contributed by atoms with Crippen LogP contribution in [0.25, 0.3) is 5.76 Å². The van der Waals surface area contributed by atoms with Crippen molar-refractivity contribution >= 4 is 29.1 Å². The third-order valence-electron chi connectivity index (χ3n) is 7.23. The highest BCUT2D eigenvalue weighted by atomic mass is 32.2. The number of carbonyl (C=O) groups is 2. The van der Waals surface area contributed by atoms with Crippen LogP contribution in [0.1, 0.15) is 55.1 Å². The molecule has 3 aliphatic rings. The van der Waals surface area contributed by atoms with Gasteiger partial charge >= 0.3 is 0 Å². The molecule has 1 atom stereocenters. The second-order valence-corrected chi connectivity index (χ2v) is 12.5. The third-order valence-corrected chi connectivity index (χ3v) is 8.77. The summed E-state index contributed by atoms with van der Waals surface area (Å²) in [5.41, 5.74) is 2.48. The van der Waals surface area contributed by atoms with Gasteiger partial charge in [0.25, 0.3) is 0 Å². The summed E-state index contributed by atoms with van der Waals surface area (Å²) < 4.78 is 11.7. The summed E-state index contributed by atoms with van der Waals surface area (Å²) in [7, 11) is 0. The molecule has 2 aromatic rings. The molecule has 1 saturated heterocycles. The van der Waals surface area contributed by atoms with E-state index in [1.165, 1.54) is 17.3 Å². The van der Waals surface area contributed by atoms with Crippen molar-refractivity contribution < 1.29 is 24.2 Å². The van der Waals surface area contributed by atoms with E-state index in [0.29, 0.717) is 34.9 Å². The quantitative estimate of drug-likeness (QED) is 0.599. The van der Waals surface area contributed by atoms with E-state index in [0.717, 1.165) is 31.7 Å². The fourth-order valence-electron chi connectivity index (χ4n) is 5.00. The first kappa shape index (κ1) is 25.1. The summed E-state index contributed by atoms with van der Waals surface area (Å²) in [4.78, 5) is 28.2. The minimum absolute atomic E-state index is 0.0910. The number of hydrogen-bond acceptors (Lipinski definition) is 7. The van der Waals surface area contributed by atoms with Crippen LogP contribution < -0.4 is 4.74 Å². The average Bonchev–Trinajstić information content (AvgIpc) is 2.87. The molecule has 6 nitrogen and oxygen atoms in total. The Hall–Kier alpha value is -2.61. The molecule has 36 heavy (non-hydrogen) atoms. The molecule has 0 radical (unpaired) electrons. The second-order valence-electron chi connectivity index (χ2n) is 11.0. The highest BCUT2D eigenvalue weighted by Gasteiger charge is 2.46. The van der Waals surface area contributed by atoms with Crippen LogP contribution in [-0.2, 0) is 14.9 Å². The van der Waals surface area contributed by atoms with E-state index in [1.54, 1.807) is 12.1 Å². The van der Waals surface area contributed by atoms with Crippen molar-refractivity contribution in [3.8, 4) is 5.75 Å². The molecular formula is C29H33NO5S. The van der Waals surface area contributed by atoms with Crippen molar-refractivity contribution in [3.63, 3.8) is 0 Å². The normalized spacial score (nSPS) is 20.6. The molecule has 1 spiro atoms. The molecule has 1 unspecified atom stereocenters. The number of benzene rings is 2. The molecule has 190 valence electrons. The molecule has 2 aliphatic heterocycles. The van der Waals surface area contributed by atoms with Gasteiger partial charge in [-0.15, -0.1) is 11.8 Å². The van der Waals surface area contributed by atoms with E-state index in [2.05, 4.69) is 37.8 Å². The number of β-amino-alcohol motifs (C(OH)–C–C–N with tert-alkyl or cyclic N) is 1. The Kier molecular flexibility index (Phi) is 6.74. The Bertz CT molecular complexity index is 1190. The van der Waals surface area contributed by atoms with Gasteiger partial charge in [-0.3, -0.25) is 9.59 Å². The maximum atomic E-state index is 12.8. The zero-order chi connectivity index (χ0) is 25.5. The Balaban J connectivity index is 1.15. The average molecular weight is 508 g/mol. The lowest BCUT2D eigenvalue weighted by molar-refractivity contribution is -0.111. The van der Waals surface area contributed by atoms with E-state index < -0.39 is 17.7 Å². The maximum absolute atomic E-state index is 12.8. The van der Waals surface area contributed by atoms with Gasteiger partial charge < -0.3 is 19.5 Å². The van der Waals surface area contributed by atoms with Gasteiger partial charge in [0, 0.05) is 17.7 Å². The van der Waals surface area contributed by atoms with Crippen LogP contribution in [0, 0.1) is 0 Å². The largest absolute Gasteiger partial charge is 0.491 e. The lowest BCUT2D eigenvalue weighted by Gasteiger charge is -2.44. The standard InChI is InChI=1S/C29H33NO5S/c1-28(2,3)19-8-10-21(11-9-19)34-17-20(31)16-30-14-12-29(13-15-30)18-35-26-23-7-5-4-6-22(23)24(32)25(33)27(26)36-29/h4-11,20,31H,12-18H2,1-3H3. The molecule has 5 rings (SSSR count). The third kappa shape index (κ3) is 4.97. The molecule has 7 heteroatoms. The van der Waals surface area contributed by atoms with Crippen molar-refractivity contribution in [2.75, 3.05) is 32.8 Å². The number of fused-ring (bicyclic) bond motifs is 2. The highest BCUT2D eigenvalue weighted by molar-refractivity contribution is 8.05. The monoisotopic (exact) mass is 507 g/mol. The number of likely N-dealkylation sites (tertiary alicyclic amines) is 1. The van der Waals surface area contributed by atoms with Crippen molar-refractivity contribution in [2.45, 2.75) is 49.9 Å². The van der Waals surface area contributed by atoms with Gasteiger partial charge in [0.05, 0.1) is 4.75 Å². The van der Waals surface area contributed by atoms with Crippen molar-refractivity contribution in [1.82, 2.24) is 4.90 Å². The number of allylic oxidation sites excluding steroid dienone is 1. The number of carbonyl (C=O) groups excluding carboxylic acids is 2. The number of nitrogens with zero attached hydrogens (tertiary/aromatic N) is 1. The lowest BCUT2D eigenvalue weighted by Crippen LogP contribution is -2.49. The van der Waals surface area contributed by atoms with E-state index in [1.807, 2.05) is 24.3 Å². The molecule has 2 heterocycles. The number of thioether (sulfide) groups is 1. The summed E-state index contributed by atoms with van der Waals surface area (Å²) in [6, 6.07) is 15.2. The molecular weight excluding hydrogens is 474 g/mol. The van der Waals surface area contributed by atoms with E-state index >= 15 is 0 Å². The molecule has 1 fully saturated rings. The SMILES string of the molecule is CC(C)(C)c1ccc(OCC(O)CN2CCC3(CC2)COC2=C(S3)C(=O)C(=O)c3ccccc32)cc1. The van der Waals surface area contributed by atoms with Gasteiger partial charge in [0.2, 0.25) is 11.6 Å². The van der Waals surface area contributed by atoms with Crippen LogP contribution in [0.4, 0.5) is 0 Å². The fourth-order valence-corrected chi connectivity index (χ4v) is 6.38. The first-order valence-corrected chi connectivity index (χ1v) is 13.4. The number of aliphatic hydroxyl groups is 1. The molecule has 0 bridgehead atoms. The number of rotatable bonds is 5. The number of ketones is 2. The number of piperidine rings is 1. The lowest BCUT2D eigenvalue weighted by atomic mass is 9.87. The van der Waals surface area contributed by atoms with Gasteiger partial charge in [-0.2, -0.15) is 0 Å². The number of hydrogen-bond donors (Lipinski definition) is 1.